The second-order valence-corrected chi connectivity index (χ2v) is 10.7. The average Bonchev–Trinajstić information content (AvgIpc) is 3.57. The van der Waals surface area contributed by atoms with E-state index in [-0.39, 0.29) is 31.8 Å². The Morgan fingerprint density at radius 2 is 1.43 bits per heavy atom. The number of ether oxygens (including phenoxy) is 4. The summed E-state index contributed by atoms with van der Waals surface area (Å²) >= 11 is 0. The van der Waals surface area contributed by atoms with Crippen LogP contribution in [-0.2, 0) is 52.6 Å². The van der Waals surface area contributed by atoms with Crippen LogP contribution >= 0.6 is 0 Å². The number of alkyl carbamates (subject to hydrolysis) is 1. The lowest BCUT2D eigenvalue weighted by Gasteiger charge is -2.22. The molecule has 0 aromatic heterocycles. The first-order chi connectivity index (χ1) is 20.2. The van der Waals surface area contributed by atoms with Gasteiger partial charge in [0.05, 0.1) is 21.3 Å². The fraction of sp³-hybridized carbons (Fsp3) is 0.333. The van der Waals surface area contributed by atoms with Gasteiger partial charge in [0.25, 0.3) is 0 Å². The SMILES string of the molecule is COC(=O)C(Cc1ccc2c(c1C)CC(C(=O)OC)(C(=O)OC)C2)NC(=O)OCC1c2ccccc2-c2ccccc21. The zero-order valence-corrected chi connectivity index (χ0v) is 24.0. The first kappa shape index (κ1) is 28.9. The number of hydrogen-bond donors (Lipinski definition) is 1. The van der Waals surface area contributed by atoms with Gasteiger partial charge < -0.3 is 24.3 Å². The molecule has 2 aliphatic carbocycles. The van der Waals surface area contributed by atoms with Crippen LogP contribution < -0.4 is 5.32 Å². The molecule has 0 radical (unpaired) electrons. The molecule has 0 aliphatic heterocycles. The third-order valence-electron chi connectivity index (χ3n) is 8.48. The first-order valence-electron chi connectivity index (χ1n) is 13.7. The second-order valence-electron chi connectivity index (χ2n) is 10.7. The first-order valence-corrected chi connectivity index (χ1v) is 13.7. The summed E-state index contributed by atoms with van der Waals surface area (Å²) in [6, 6.07) is 18.7. The Hall–Kier alpha value is -4.66. The quantitative estimate of drug-likeness (QED) is 0.245. The summed E-state index contributed by atoms with van der Waals surface area (Å²) < 4.78 is 20.5. The number of amides is 1. The van der Waals surface area contributed by atoms with E-state index in [1.54, 1.807) is 0 Å². The van der Waals surface area contributed by atoms with Crippen LogP contribution in [0.4, 0.5) is 4.79 Å². The lowest BCUT2D eigenvalue weighted by molar-refractivity contribution is -0.168. The summed E-state index contributed by atoms with van der Waals surface area (Å²) in [5.41, 5.74) is 6.14. The fourth-order valence-electron chi connectivity index (χ4n) is 6.28. The number of nitrogens with one attached hydrogen (secondary N) is 1. The van der Waals surface area contributed by atoms with E-state index in [0.29, 0.717) is 0 Å². The molecule has 1 amide bonds. The Balaban J connectivity index is 1.31. The molecule has 0 fully saturated rings. The van der Waals surface area contributed by atoms with E-state index < -0.39 is 35.5 Å². The predicted molar refractivity (Wildman–Crippen MR) is 153 cm³/mol. The van der Waals surface area contributed by atoms with Crippen molar-refractivity contribution in [3.05, 3.63) is 94.0 Å². The molecule has 218 valence electrons. The summed E-state index contributed by atoms with van der Waals surface area (Å²) in [5, 5.41) is 2.67. The maximum absolute atomic E-state index is 13.0. The number of fused-ring (bicyclic) bond motifs is 4. The molecule has 42 heavy (non-hydrogen) atoms. The van der Waals surface area contributed by atoms with Gasteiger partial charge in [-0.15, -0.1) is 0 Å². The molecule has 0 spiro atoms. The minimum Gasteiger partial charge on any atom is -0.468 e. The van der Waals surface area contributed by atoms with Gasteiger partial charge in [-0.25, -0.2) is 9.59 Å². The molecule has 5 rings (SSSR count). The number of hydrogen-bond acceptors (Lipinski definition) is 8. The molecule has 1 unspecified atom stereocenters. The van der Waals surface area contributed by atoms with Gasteiger partial charge >= 0.3 is 24.0 Å². The zero-order chi connectivity index (χ0) is 30.0. The van der Waals surface area contributed by atoms with E-state index in [1.807, 2.05) is 55.5 Å². The summed E-state index contributed by atoms with van der Waals surface area (Å²) in [4.78, 5) is 51.1. The third kappa shape index (κ3) is 5.00. The Morgan fingerprint density at radius 3 is 2.00 bits per heavy atom. The molecule has 0 bridgehead atoms. The highest BCUT2D eigenvalue weighted by atomic mass is 16.6. The lowest BCUT2D eigenvalue weighted by Crippen LogP contribution is -2.43. The van der Waals surface area contributed by atoms with Crippen molar-refractivity contribution >= 4 is 24.0 Å². The van der Waals surface area contributed by atoms with Crippen LogP contribution in [-0.4, -0.2) is 58.0 Å². The van der Waals surface area contributed by atoms with Crippen molar-refractivity contribution in [2.75, 3.05) is 27.9 Å². The lowest BCUT2D eigenvalue weighted by atomic mass is 9.84. The molecule has 1 N–H and O–H groups in total. The number of esters is 3. The smallest absolute Gasteiger partial charge is 0.407 e. The molecule has 2 aliphatic rings. The van der Waals surface area contributed by atoms with Crippen LogP contribution in [0.2, 0.25) is 0 Å². The minimum absolute atomic E-state index is 0.106. The molecule has 9 nitrogen and oxygen atoms in total. The largest absolute Gasteiger partial charge is 0.468 e. The maximum Gasteiger partial charge on any atom is 0.407 e. The third-order valence-corrected chi connectivity index (χ3v) is 8.48. The number of carbonyl (C=O) groups excluding carboxylic acids is 4. The van der Waals surface area contributed by atoms with Crippen LogP contribution in [0.3, 0.4) is 0 Å². The number of methoxy groups -OCH3 is 3. The molecule has 9 heteroatoms. The van der Waals surface area contributed by atoms with Crippen molar-refractivity contribution in [1.29, 1.82) is 0 Å². The summed E-state index contributed by atoms with van der Waals surface area (Å²) in [6.07, 6.45) is -0.341. The molecular weight excluding hydrogens is 538 g/mol. The standard InChI is InChI=1S/C33H33NO8/c1-19-20(13-14-21-16-33(17-26(19)21,30(36)40-3)31(37)41-4)15-28(29(35)39-2)34-32(38)42-18-27-24-11-7-5-9-22(24)23-10-6-8-12-25(23)27/h5-14,27-28H,15-18H2,1-4H3,(H,34,38). The normalized spacial score (nSPS) is 15.0. The monoisotopic (exact) mass is 571 g/mol. The van der Waals surface area contributed by atoms with Crippen LogP contribution in [0, 0.1) is 12.3 Å². The van der Waals surface area contributed by atoms with E-state index in [0.717, 1.165) is 44.5 Å². The topological polar surface area (TPSA) is 117 Å². The Morgan fingerprint density at radius 1 is 0.833 bits per heavy atom. The van der Waals surface area contributed by atoms with Crippen molar-refractivity contribution < 1.29 is 38.1 Å². The predicted octanol–water partition coefficient (Wildman–Crippen LogP) is 4.05. The van der Waals surface area contributed by atoms with Gasteiger partial charge in [-0.2, -0.15) is 0 Å². The van der Waals surface area contributed by atoms with Crippen LogP contribution in [0.25, 0.3) is 11.1 Å². The zero-order valence-electron chi connectivity index (χ0n) is 24.0. The summed E-state index contributed by atoms with van der Waals surface area (Å²) in [5.74, 6) is -2.06. The molecular formula is C33H33NO8. The highest BCUT2D eigenvalue weighted by Crippen LogP contribution is 2.45. The molecule has 0 saturated heterocycles. The fourth-order valence-corrected chi connectivity index (χ4v) is 6.28. The molecule has 0 heterocycles. The van der Waals surface area contributed by atoms with E-state index in [2.05, 4.69) is 17.4 Å². The molecule has 3 aromatic carbocycles. The number of benzene rings is 3. The van der Waals surface area contributed by atoms with Gasteiger partial charge in [-0.05, 0) is 57.9 Å². The minimum atomic E-state index is -1.46. The molecule has 1 atom stereocenters. The Bertz CT molecular complexity index is 1500. The van der Waals surface area contributed by atoms with Crippen LogP contribution in [0.1, 0.15) is 39.3 Å². The molecule has 3 aromatic rings. The summed E-state index contributed by atoms with van der Waals surface area (Å²) in [6.45, 7) is 1.97. The number of carbonyl (C=O) groups is 4. The van der Waals surface area contributed by atoms with Crippen molar-refractivity contribution in [1.82, 2.24) is 5.32 Å². The van der Waals surface area contributed by atoms with E-state index >= 15 is 0 Å². The van der Waals surface area contributed by atoms with Crippen LogP contribution in [0.5, 0.6) is 0 Å². The van der Waals surface area contributed by atoms with Gasteiger partial charge in [0.15, 0.2) is 5.41 Å². The van der Waals surface area contributed by atoms with Gasteiger partial charge in [0.1, 0.15) is 12.6 Å². The molecule has 0 saturated carbocycles. The van der Waals surface area contributed by atoms with Crippen molar-refractivity contribution in [3.8, 4) is 11.1 Å². The van der Waals surface area contributed by atoms with E-state index in [4.69, 9.17) is 18.9 Å². The van der Waals surface area contributed by atoms with Gasteiger partial charge in [0.2, 0.25) is 0 Å². The second kappa shape index (κ2) is 11.7. The van der Waals surface area contributed by atoms with Gasteiger partial charge in [-0.3, -0.25) is 9.59 Å². The van der Waals surface area contributed by atoms with E-state index in [9.17, 15) is 19.2 Å². The van der Waals surface area contributed by atoms with Crippen molar-refractivity contribution in [2.24, 2.45) is 5.41 Å². The van der Waals surface area contributed by atoms with Gasteiger partial charge in [-0.1, -0.05) is 60.7 Å². The Labute approximate surface area is 244 Å². The van der Waals surface area contributed by atoms with E-state index in [1.165, 1.54) is 21.3 Å². The van der Waals surface area contributed by atoms with Crippen molar-refractivity contribution in [3.63, 3.8) is 0 Å². The highest BCUT2D eigenvalue weighted by molar-refractivity contribution is 6.01. The number of rotatable bonds is 8. The summed E-state index contributed by atoms with van der Waals surface area (Å²) in [7, 11) is 3.74. The maximum atomic E-state index is 13.0. The van der Waals surface area contributed by atoms with Gasteiger partial charge in [0, 0.05) is 18.8 Å². The van der Waals surface area contributed by atoms with Crippen LogP contribution in [0.15, 0.2) is 60.7 Å². The Kier molecular flexibility index (Phi) is 8.02. The average molecular weight is 572 g/mol. The van der Waals surface area contributed by atoms with Crippen molar-refractivity contribution in [2.45, 2.75) is 38.1 Å². The highest BCUT2D eigenvalue weighted by Gasteiger charge is 2.53.